The second kappa shape index (κ2) is 9.06. The number of anilines is 1. The molecular weight excluding hydrogens is 427 g/mol. The van der Waals surface area contributed by atoms with Crippen LogP contribution in [0.4, 0.5) is 10.1 Å². The fourth-order valence-electron chi connectivity index (χ4n) is 5.16. The average Bonchev–Trinajstić information content (AvgIpc) is 3.55. The molecule has 0 spiro atoms. The molecule has 6 rings (SSSR count). The second-order valence-corrected chi connectivity index (χ2v) is 9.83. The molecule has 2 radical (unpaired) electrons. The molecule has 1 saturated heterocycles. The Balaban J connectivity index is 1.45. The van der Waals surface area contributed by atoms with Crippen molar-refractivity contribution in [3.63, 3.8) is 0 Å². The Hall–Kier alpha value is -2.86. The number of aromatic nitrogens is 2. The van der Waals surface area contributed by atoms with Gasteiger partial charge in [-0.05, 0) is 82.7 Å². The highest BCUT2D eigenvalue weighted by molar-refractivity contribution is 5.79. The van der Waals surface area contributed by atoms with E-state index in [4.69, 9.17) is 4.74 Å². The maximum atomic E-state index is 15.8. The largest absolute Gasteiger partial charge is 0.456 e. The van der Waals surface area contributed by atoms with Crippen LogP contribution in [0.25, 0.3) is 11.1 Å². The van der Waals surface area contributed by atoms with Crippen molar-refractivity contribution in [2.24, 2.45) is 5.92 Å². The van der Waals surface area contributed by atoms with Crippen LogP contribution in [-0.4, -0.2) is 28.9 Å². The second-order valence-electron chi connectivity index (χ2n) is 9.83. The van der Waals surface area contributed by atoms with E-state index in [1.54, 1.807) is 6.07 Å². The minimum atomic E-state index is -0.209. The van der Waals surface area contributed by atoms with E-state index in [1.807, 2.05) is 46.1 Å². The standard InChI is InChI=1S/C28H31FN4O/c1-19-7-10-24-27(32(19)17-20-8-9-20)26(29)15-25(28(24)34-23-5-3-2-4-6-23)21-16-31-33(18-21)22-11-13-30-14-12-22/h2-6,15-16,18-20,22,30H,7-14H2,1H3/t19-/m0/s1. The van der Waals surface area contributed by atoms with E-state index in [2.05, 4.69) is 30.1 Å². The first kappa shape index (κ1) is 21.7. The molecule has 34 heavy (non-hydrogen) atoms. The molecule has 5 nitrogen and oxygen atoms in total. The van der Waals surface area contributed by atoms with E-state index in [1.165, 1.54) is 0 Å². The lowest BCUT2D eigenvalue weighted by Gasteiger charge is -2.37. The number of rotatable bonds is 6. The van der Waals surface area contributed by atoms with Gasteiger partial charge in [0.2, 0.25) is 0 Å². The van der Waals surface area contributed by atoms with Crippen LogP contribution >= 0.6 is 0 Å². The molecule has 1 N–H and O–H groups in total. The van der Waals surface area contributed by atoms with Gasteiger partial charge in [-0.25, -0.2) is 4.39 Å². The van der Waals surface area contributed by atoms with Gasteiger partial charge in [0.1, 0.15) is 17.3 Å². The molecule has 0 unspecified atom stereocenters. The van der Waals surface area contributed by atoms with Crippen molar-refractivity contribution in [2.45, 2.75) is 57.5 Å². The molecule has 3 heterocycles. The number of piperidine rings is 1. The summed E-state index contributed by atoms with van der Waals surface area (Å²) >= 11 is 0. The lowest BCUT2D eigenvalue weighted by Crippen LogP contribution is -2.36. The number of hydrogen-bond donors (Lipinski definition) is 1. The predicted octanol–water partition coefficient (Wildman–Crippen LogP) is 6.00. The maximum absolute atomic E-state index is 15.8. The van der Waals surface area contributed by atoms with Crippen LogP contribution in [-0.2, 0) is 6.42 Å². The van der Waals surface area contributed by atoms with Crippen LogP contribution in [0.15, 0.2) is 48.8 Å². The normalized spacial score (nSPS) is 20.9. The molecule has 1 atom stereocenters. The summed E-state index contributed by atoms with van der Waals surface area (Å²) in [7, 11) is 0. The van der Waals surface area contributed by atoms with Gasteiger partial charge in [0.25, 0.3) is 0 Å². The molecule has 0 amide bonds. The van der Waals surface area contributed by atoms with Gasteiger partial charge in [-0.2, -0.15) is 5.10 Å². The van der Waals surface area contributed by atoms with Crippen molar-refractivity contribution in [3.05, 3.63) is 66.7 Å². The third-order valence-electron chi connectivity index (χ3n) is 7.25. The molecule has 1 saturated carbocycles. The number of ether oxygens (including phenoxy) is 1. The van der Waals surface area contributed by atoms with Gasteiger partial charge in [-0.15, -0.1) is 0 Å². The lowest BCUT2D eigenvalue weighted by molar-refractivity contribution is 0.343. The number of nitrogens with one attached hydrogen (secondary N) is 1. The topological polar surface area (TPSA) is 42.3 Å². The summed E-state index contributed by atoms with van der Waals surface area (Å²) in [5.41, 5.74) is 3.22. The van der Waals surface area contributed by atoms with Crippen LogP contribution in [0.5, 0.6) is 11.5 Å². The third kappa shape index (κ3) is 4.20. The van der Waals surface area contributed by atoms with E-state index in [-0.39, 0.29) is 11.9 Å². The van der Waals surface area contributed by atoms with Crippen LogP contribution in [0.3, 0.4) is 0 Å². The molecule has 6 heteroatoms. The number of hydrogen-bond acceptors (Lipinski definition) is 4. The Morgan fingerprint density at radius 1 is 1.09 bits per heavy atom. The number of fused-ring (bicyclic) bond motifs is 1. The fraction of sp³-hybridized carbons (Fsp3) is 0.429. The summed E-state index contributed by atoms with van der Waals surface area (Å²) in [5, 5.41) is 8.07. The van der Waals surface area contributed by atoms with Crippen LogP contribution < -0.4 is 15.0 Å². The average molecular weight is 459 g/mol. The Morgan fingerprint density at radius 3 is 2.65 bits per heavy atom. The third-order valence-corrected chi connectivity index (χ3v) is 7.25. The summed E-state index contributed by atoms with van der Waals surface area (Å²) in [6, 6.07) is 12.0. The molecule has 3 aliphatic rings. The number of benzene rings is 2. The van der Waals surface area contributed by atoms with Crippen molar-refractivity contribution < 1.29 is 9.13 Å². The molecule has 0 bridgehead atoms. The van der Waals surface area contributed by atoms with Crippen molar-refractivity contribution in [1.29, 1.82) is 0 Å². The van der Waals surface area contributed by atoms with E-state index < -0.39 is 0 Å². The minimum Gasteiger partial charge on any atom is -0.456 e. The summed E-state index contributed by atoms with van der Waals surface area (Å²) < 4.78 is 24.4. The van der Waals surface area contributed by atoms with Crippen LogP contribution in [0.2, 0.25) is 0 Å². The molecule has 1 aliphatic carbocycles. The van der Waals surface area contributed by atoms with Gasteiger partial charge >= 0.3 is 0 Å². The zero-order valence-corrected chi connectivity index (χ0v) is 19.6. The molecule has 1 aromatic heterocycles. The van der Waals surface area contributed by atoms with E-state index in [0.717, 1.165) is 79.8 Å². The summed E-state index contributed by atoms with van der Waals surface area (Å²) in [6.45, 7) is 7.71. The van der Waals surface area contributed by atoms with Crippen molar-refractivity contribution in [2.75, 3.05) is 18.0 Å². The van der Waals surface area contributed by atoms with E-state index in [0.29, 0.717) is 17.6 Å². The molecule has 2 aromatic carbocycles. The maximum Gasteiger partial charge on any atom is 0.147 e. The van der Waals surface area contributed by atoms with Crippen LogP contribution in [0.1, 0.15) is 50.6 Å². The highest BCUT2D eigenvalue weighted by atomic mass is 19.1. The SMILES string of the molecule is C[C@H]1CCc2c(Oc3ccccc3)c(-c3cnn(C4CCNCC4)c3)cc(F)c2N1[C]C1CC1. The Morgan fingerprint density at radius 2 is 1.88 bits per heavy atom. The molecule has 3 aromatic rings. The number of nitrogens with zero attached hydrogens (tertiary/aromatic N) is 3. The number of para-hydroxylation sites is 1. The van der Waals surface area contributed by atoms with Gasteiger partial charge < -0.3 is 15.0 Å². The molecular formula is C28H31FN4O. The van der Waals surface area contributed by atoms with Gasteiger partial charge in [0.05, 0.1) is 24.5 Å². The fourth-order valence-corrected chi connectivity index (χ4v) is 5.16. The summed E-state index contributed by atoms with van der Waals surface area (Å²) in [6.07, 6.45) is 10.00. The first-order chi connectivity index (χ1) is 16.7. The molecule has 176 valence electrons. The minimum absolute atomic E-state index is 0.209. The lowest BCUT2D eigenvalue weighted by atomic mass is 9.91. The first-order valence-corrected chi connectivity index (χ1v) is 12.6. The predicted molar refractivity (Wildman–Crippen MR) is 132 cm³/mol. The highest BCUT2D eigenvalue weighted by Gasteiger charge is 2.35. The van der Waals surface area contributed by atoms with Gasteiger partial charge in [0.15, 0.2) is 0 Å². The van der Waals surface area contributed by atoms with E-state index >= 15 is 4.39 Å². The first-order valence-electron chi connectivity index (χ1n) is 12.6. The van der Waals surface area contributed by atoms with E-state index in [9.17, 15) is 0 Å². The summed E-state index contributed by atoms with van der Waals surface area (Å²) in [5.74, 6) is 1.72. The Bertz CT molecular complexity index is 1150. The Kier molecular flexibility index (Phi) is 5.77. The van der Waals surface area contributed by atoms with Crippen molar-refractivity contribution >= 4 is 5.69 Å². The number of halogens is 1. The zero-order valence-electron chi connectivity index (χ0n) is 19.6. The summed E-state index contributed by atoms with van der Waals surface area (Å²) in [4.78, 5) is 2.05. The highest BCUT2D eigenvalue weighted by Crippen LogP contribution is 2.48. The van der Waals surface area contributed by atoms with Gasteiger partial charge in [-0.3, -0.25) is 4.68 Å². The van der Waals surface area contributed by atoms with Gasteiger partial charge in [0, 0.05) is 28.9 Å². The quantitative estimate of drug-likeness (QED) is 0.492. The van der Waals surface area contributed by atoms with Crippen molar-refractivity contribution in [1.82, 2.24) is 15.1 Å². The molecule has 2 aliphatic heterocycles. The monoisotopic (exact) mass is 458 g/mol. The zero-order chi connectivity index (χ0) is 23.1. The molecule has 2 fully saturated rings. The Labute approximate surface area is 200 Å². The smallest absolute Gasteiger partial charge is 0.147 e. The van der Waals surface area contributed by atoms with Gasteiger partial charge in [-0.1, -0.05) is 18.2 Å². The van der Waals surface area contributed by atoms with Crippen LogP contribution in [0, 0.1) is 18.3 Å². The van der Waals surface area contributed by atoms with Crippen molar-refractivity contribution in [3.8, 4) is 22.6 Å².